The zero-order valence-corrected chi connectivity index (χ0v) is 8.89. The summed E-state index contributed by atoms with van der Waals surface area (Å²) in [7, 11) is 0. The van der Waals surface area contributed by atoms with Crippen molar-refractivity contribution in [2.24, 2.45) is 11.7 Å². The van der Waals surface area contributed by atoms with Gasteiger partial charge in [-0.2, -0.15) is 0 Å². The maximum Gasteiger partial charge on any atom is -0.00425 e. The number of hydrogen-bond donors (Lipinski definition) is 1. The quantitative estimate of drug-likeness (QED) is 0.525. The molecule has 1 heteroatoms. The van der Waals surface area contributed by atoms with Gasteiger partial charge in [0.1, 0.15) is 0 Å². The third kappa shape index (κ3) is 3.95. The van der Waals surface area contributed by atoms with E-state index < -0.39 is 0 Å². The molecule has 1 aliphatic rings. The van der Waals surface area contributed by atoms with Crippen molar-refractivity contribution in [2.75, 3.05) is 6.54 Å². The Morgan fingerprint density at radius 1 is 1.23 bits per heavy atom. The summed E-state index contributed by atoms with van der Waals surface area (Å²) < 4.78 is 0. The maximum atomic E-state index is 5.49. The van der Waals surface area contributed by atoms with E-state index >= 15 is 0 Å². The highest BCUT2D eigenvalue weighted by atomic mass is 14.5. The van der Waals surface area contributed by atoms with E-state index in [9.17, 15) is 0 Å². The highest BCUT2D eigenvalue weighted by molar-refractivity contribution is 5.03. The molecule has 0 aromatic rings. The molecule has 0 aromatic heterocycles. The molecule has 2 N–H and O–H groups in total. The van der Waals surface area contributed by atoms with Gasteiger partial charge in [0.05, 0.1) is 0 Å². The van der Waals surface area contributed by atoms with Crippen molar-refractivity contribution in [1.82, 2.24) is 0 Å². The Balaban J connectivity index is 2.38. The Hall–Kier alpha value is -0.300. The molecule has 1 aliphatic carbocycles. The van der Waals surface area contributed by atoms with E-state index in [1.807, 2.05) is 0 Å². The number of nitrogens with two attached hydrogens (primary N) is 1. The molecule has 1 nitrogen and oxygen atoms in total. The van der Waals surface area contributed by atoms with Gasteiger partial charge in [-0.3, -0.25) is 0 Å². The predicted molar refractivity (Wildman–Crippen MR) is 58.6 cm³/mol. The van der Waals surface area contributed by atoms with Crippen LogP contribution in [0.1, 0.15) is 51.9 Å². The standard InChI is InChI=1S/C12H23N/c1-11(7-6-10-13)12-8-4-2-3-5-9-12/h7,12H,2-6,8-10,13H2,1H3. The molecule has 0 aliphatic heterocycles. The van der Waals surface area contributed by atoms with Crippen LogP contribution in [-0.4, -0.2) is 6.54 Å². The zero-order chi connectivity index (χ0) is 9.52. The van der Waals surface area contributed by atoms with Crippen LogP contribution in [0.4, 0.5) is 0 Å². The molecule has 0 heterocycles. The van der Waals surface area contributed by atoms with Gasteiger partial charge in [-0.25, -0.2) is 0 Å². The van der Waals surface area contributed by atoms with Crippen molar-refractivity contribution < 1.29 is 0 Å². The molecule has 76 valence electrons. The summed E-state index contributed by atoms with van der Waals surface area (Å²) in [6.45, 7) is 3.08. The summed E-state index contributed by atoms with van der Waals surface area (Å²) >= 11 is 0. The third-order valence-electron chi connectivity index (χ3n) is 3.13. The molecular formula is C12H23N. The van der Waals surface area contributed by atoms with Gasteiger partial charge in [-0.1, -0.05) is 37.3 Å². The van der Waals surface area contributed by atoms with E-state index in [0.29, 0.717) is 0 Å². The second-order valence-corrected chi connectivity index (χ2v) is 4.21. The highest BCUT2D eigenvalue weighted by Gasteiger charge is 2.12. The fourth-order valence-electron chi connectivity index (χ4n) is 2.21. The van der Waals surface area contributed by atoms with Crippen molar-refractivity contribution in [3.63, 3.8) is 0 Å². The minimum atomic E-state index is 0.796. The molecule has 0 unspecified atom stereocenters. The first-order valence-electron chi connectivity index (χ1n) is 5.71. The number of hydrogen-bond acceptors (Lipinski definition) is 1. The SMILES string of the molecule is CC(=CCCN)C1CCCCCC1. The van der Waals surface area contributed by atoms with Gasteiger partial charge in [0.15, 0.2) is 0 Å². The zero-order valence-electron chi connectivity index (χ0n) is 8.89. The van der Waals surface area contributed by atoms with E-state index in [1.54, 1.807) is 5.57 Å². The van der Waals surface area contributed by atoms with Gasteiger partial charge >= 0.3 is 0 Å². The fraction of sp³-hybridized carbons (Fsp3) is 0.833. The lowest BCUT2D eigenvalue weighted by Gasteiger charge is -2.14. The summed E-state index contributed by atoms with van der Waals surface area (Å²) in [5.74, 6) is 0.869. The highest BCUT2D eigenvalue weighted by Crippen LogP contribution is 2.28. The van der Waals surface area contributed by atoms with Crippen LogP contribution in [0.3, 0.4) is 0 Å². The molecule has 0 amide bonds. The van der Waals surface area contributed by atoms with E-state index in [2.05, 4.69) is 13.0 Å². The minimum absolute atomic E-state index is 0.796. The average molecular weight is 181 g/mol. The van der Waals surface area contributed by atoms with Crippen LogP contribution in [0.25, 0.3) is 0 Å². The van der Waals surface area contributed by atoms with Crippen LogP contribution in [0, 0.1) is 5.92 Å². The second-order valence-electron chi connectivity index (χ2n) is 4.21. The lowest BCUT2D eigenvalue weighted by Crippen LogP contribution is -2.02. The van der Waals surface area contributed by atoms with Crippen LogP contribution < -0.4 is 5.73 Å². The maximum absolute atomic E-state index is 5.49. The summed E-state index contributed by atoms with van der Waals surface area (Å²) in [6, 6.07) is 0. The van der Waals surface area contributed by atoms with Gasteiger partial charge in [0.25, 0.3) is 0 Å². The summed E-state index contributed by atoms with van der Waals surface area (Å²) in [6.07, 6.45) is 12.0. The van der Waals surface area contributed by atoms with Gasteiger partial charge in [0.2, 0.25) is 0 Å². The van der Waals surface area contributed by atoms with Crippen molar-refractivity contribution in [1.29, 1.82) is 0 Å². The molecule has 0 saturated heterocycles. The second kappa shape index (κ2) is 6.20. The van der Waals surface area contributed by atoms with E-state index in [1.165, 1.54) is 38.5 Å². The molecule has 0 radical (unpaired) electrons. The molecule has 0 aromatic carbocycles. The van der Waals surface area contributed by atoms with Crippen LogP contribution in [0.5, 0.6) is 0 Å². The first-order chi connectivity index (χ1) is 6.34. The minimum Gasteiger partial charge on any atom is -0.330 e. The van der Waals surface area contributed by atoms with E-state index in [0.717, 1.165) is 18.9 Å². The molecule has 1 fully saturated rings. The first kappa shape index (κ1) is 10.8. The third-order valence-corrected chi connectivity index (χ3v) is 3.13. The van der Waals surface area contributed by atoms with E-state index in [-0.39, 0.29) is 0 Å². The molecule has 1 rings (SSSR count). The number of rotatable bonds is 3. The summed E-state index contributed by atoms with van der Waals surface area (Å²) in [5, 5.41) is 0. The van der Waals surface area contributed by atoms with Crippen LogP contribution >= 0.6 is 0 Å². The first-order valence-corrected chi connectivity index (χ1v) is 5.71. The van der Waals surface area contributed by atoms with Gasteiger partial charge < -0.3 is 5.73 Å². The molecule has 13 heavy (non-hydrogen) atoms. The van der Waals surface area contributed by atoms with Crippen LogP contribution in [0.2, 0.25) is 0 Å². The lowest BCUT2D eigenvalue weighted by molar-refractivity contribution is 0.528. The summed E-state index contributed by atoms with van der Waals surface area (Å²) in [5.41, 5.74) is 7.08. The Bertz CT molecular complexity index is 153. The lowest BCUT2D eigenvalue weighted by atomic mass is 9.92. The summed E-state index contributed by atoms with van der Waals surface area (Å²) in [4.78, 5) is 0. The largest absolute Gasteiger partial charge is 0.330 e. The van der Waals surface area contributed by atoms with Crippen molar-refractivity contribution >= 4 is 0 Å². The molecule has 1 saturated carbocycles. The number of allylic oxidation sites excluding steroid dienone is 1. The Kier molecular flexibility index (Phi) is 5.14. The normalized spacial score (nSPS) is 21.5. The molecular weight excluding hydrogens is 158 g/mol. The molecule has 0 bridgehead atoms. The molecule has 0 spiro atoms. The van der Waals surface area contributed by atoms with Crippen molar-refractivity contribution in [2.45, 2.75) is 51.9 Å². The van der Waals surface area contributed by atoms with Crippen molar-refractivity contribution in [3.05, 3.63) is 11.6 Å². The van der Waals surface area contributed by atoms with Gasteiger partial charge in [-0.05, 0) is 38.6 Å². The Labute approximate surface area is 82.4 Å². The fourth-order valence-corrected chi connectivity index (χ4v) is 2.21. The van der Waals surface area contributed by atoms with E-state index in [4.69, 9.17) is 5.73 Å². The van der Waals surface area contributed by atoms with Crippen LogP contribution in [-0.2, 0) is 0 Å². The molecule has 0 atom stereocenters. The average Bonchev–Trinajstić information content (AvgIpc) is 2.42. The topological polar surface area (TPSA) is 26.0 Å². The smallest absolute Gasteiger partial charge is 0.00425 e. The predicted octanol–water partition coefficient (Wildman–Crippen LogP) is 3.25. The van der Waals surface area contributed by atoms with Crippen molar-refractivity contribution in [3.8, 4) is 0 Å². The monoisotopic (exact) mass is 181 g/mol. The Morgan fingerprint density at radius 3 is 2.38 bits per heavy atom. The van der Waals surface area contributed by atoms with Gasteiger partial charge in [-0.15, -0.1) is 0 Å². The van der Waals surface area contributed by atoms with Crippen LogP contribution in [0.15, 0.2) is 11.6 Å². The Morgan fingerprint density at radius 2 is 1.85 bits per heavy atom. The van der Waals surface area contributed by atoms with Gasteiger partial charge in [0, 0.05) is 0 Å².